The van der Waals surface area contributed by atoms with Crippen molar-refractivity contribution in [3.63, 3.8) is 0 Å². The highest BCUT2D eigenvalue weighted by atomic mass is 35.5. The first-order chi connectivity index (χ1) is 13.8. The first kappa shape index (κ1) is 21.6. The molecule has 1 aliphatic heterocycles. The Kier molecular flexibility index (Phi) is 6.82. The second kappa shape index (κ2) is 9.15. The van der Waals surface area contributed by atoms with Gasteiger partial charge in [-0.05, 0) is 58.1 Å². The molecule has 1 saturated heterocycles. The zero-order chi connectivity index (χ0) is 21.1. The topological polar surface area (TPSA) is 74.4 Å². The maximum atomic E-state index is 13.8. The molecule has 2 aromatic rings. The Morgan fingerprint density at radius 2 is 2.03 bits per heavy atom. The molecule has 0 saturated carbocycles. The van der Waals surface area contributed by atoms with Crippen molar-refractivity contribution in [3.8, 4) is 5.75 Å². The predicted octanol–water partition coefficient (Wildman–Crippen LogP) is 3.78. The molecule has 0 unspecified atom stereocenters. The van der Waals surface area contributed by atoms with Gasteiger partial charge in [-0.3, -0.25) is 9.59 Å². The molecule has 1 aromatic carbocycles. The zero-order valence-corrected chi connectivity index (χ0v) is 17.6. The fourth-order valence-corrected chi connectivity index (χ4v) is 3.97. The van der Waals surface area contributed by atoms with Gasteiger partial charge in [-0.15, -0.1) is 0 Å². The number of halogens is 3. The van der Waals surface area contributed by atoms with Crippen LogP contribution in [0.4, 0.5) is 4.39 Å². The predicted molar refractivity (Wildman–Crippen MR) is 111 cm³/mol. The Hall–Kier alpha value is -2.09. The van der Waals surface area contributed by atoms with Gasteiger partial charge in [-0.2, -0.15) is 0 Å². The maximum absolute atomic E-state index is 13.8. The molecule has 9 heteroatoms. The van der Waals surface area contributed by atoms with Gasteiger partial charge in [0.25, 0.3) is 11.5 Å². The second-order valence-electron chi connectivity index (χ2n) is 7.15. The largest absolute Gasteiger partial charge is 0.484 e. The van der Waals surface area contributed by atoms with E-state index in [1.165, 1.54) is 24.4 Å². The lowest BCUT2D eigenvalue weighted by Gasteiger charge is -2.29. The maximum Gasteiger partial charge on any atom is 0.261 e. The van der Waals surface area contributed by atoms with Crippen molar-refractivity contribution in [1.29, 1.82) is 0 Å². The summed E-state index contributed by atoms with van der Waals surface area (Å²) in [7, 11) is 2.03. The van der Waals surface area contributed by atoms with E-state index >= 15 is 0 Å². The normalized spacial score (nSPS) is 16.4. The Balaban J connectivity index is 1.76. The van der Waals surface area contributed by atoms with Crippen LogP contribution in [0, 0.1) is 5.82 Å². The van der Waals surface area contributed by atoms with Gasteiger partial charge in [0.05, 0.1) is 5.02 Å². The lowest BCUT2D eigenvalue weighted by molar-refractivity contribution is 0.0914. The number of piperidine rings is 1. The van der Waals surface area contributed by atoms with E-state index in [1.54, 1.807) is 6.92 Å². The number of hydrogen-bond acceptors (Lipinski definition) is 4. The molecule has 2 heterocycles. The summed E-state index contributed by atoms with van der Waals surface area (Å²) in [4.78, 5) is 29.4. The van der Waals surface area contributed by atoms with Gasteiger partial charge in [0, 0.05) is 22.8 Å². The van der Waals surface area contributed by atoms with Crippen LogP contribution in [0.5, 0.6) is 5.75 Å². The van der Waals surface area contributed by atoms with Crippen molar-refractivity contribution in [2.45, 2.75) is 31.9 Å². The highest BCUT2D eigenvalue weighted by molar-refractivity contribution is 6.36. The van der Waals surface area contributed by atoms with E-state index in [9.17, 15) is 14.0 Å². The second-order valence-corrected chi connectivity index (χ2v) is 7.93. The van der Waals surface area contributed by atoms with E-state index in [0.29, 0.717) is 0 Å². The number of nitrogens with one attached hydrogen (secondary N) is 2. The summed E-state index contributed by atoms with van der Waals surface area (Å²) in [5, 5.41) is 3.03. The number of aromatic nitrogens is 1. The summed E-state index contributed by atoms with van der Waals surface area (Å²) in [6, 6.07) is 3.95. The Bertz CT molecular complexity index is 958. The van der Waals surface area contributed by atoms with Gasteiger partial charge in [0.2, 0.25) is 0 Å². The van der Waals surface area contributed by atoms with Gasteiger partial charge < -0.3 is 19.9 Å². The minimum atomic E-state index is -0.707. The highest BCUT2D eigenvalue weighted by Crippen LogP contribution is 2.34. The lowest BCUT2D eigenvalue weighted by atomic mass is 10.1. The smallest absolute Gasteiger partial charge is 0.261 e. The lowest BCUT2D eigenvalue weighted by Crippen LogP contribution is -2.44. The summed E-state index contributed by atoms with van der Waals surface area (Å²) < 4.78 is 19.6. The van der Waals surface area contributed by atoms with E-state index in [0.717, 1.165) is 25.9 Å². The van der Waals surface area contributed by atoms with Crippen molar-refractivity contribution in [2.75, 3.05) is 20.1 Å². The third-order valence-electron chi connectivity index (χ3n) is 4.97. The molecule has 6 nitrogen and oxygen atoms in total. The molecule has 1 aromatic heterocycles. The van der Waals surface area contributed by atoms with Crippen molar-refractivity contribution in [3.05, 3.63) is 61.7 Å². The molecule has 29 heavy (non-hydrogen) atoms. The van der Waals surface area contributed by atoms with Gasteiger partial charge in [0.1, 0.15) is 23.2 Å². The van der Waals surface area contributed by atoms with Crippen LogP contribution in [0.1, 0.15) is 41.8 Å². The zero-order valence-electron chi connectivity index (χ0n) is 16.1. The average molecular weight is 442 g/mol. The molecule has 0 bridgehead atoms. The number of amides is 1. The van der Waals surface area contributed by atoms with Crippen LogP contribution in [-0.4, -0.2) is 42.0 Å². The van der Waals surface area contributed by atoms with Crippen molar-refractivity contribution < 1.29 is 13.9 Å². The van der Waals surface area contributed by atoms with Gasteiger partial charge in [0.15, 0.2) is 0 Å². The Morgan fingerprint density at radius 1 is 1.34 bits per heavy atom. The highest BCUT2D eigenvalue weighted by Gasteiger charge is 2.22. The van der Waals surface area contributed by atoms with Crippen molar-refractivity contribution in [1.82, 2.24) is 15.2 Å². The Labute approximate surface area is 178 Å². The molecule has 3 rings (SSSR count). The van der Waals surface area contributed by atoms with E-state index < -0.39 is 23.4 Å². The van der Waals surface area contributed by atoms with Gasteiger partial charge in [-0.25, -0.2) is 4.39 Å². The van der Waals surface area contributed by atoms with Crippen LogP contribution >= 0.6 is 23.2 Å². The van der Waals surface area contributed by atoms with Crippen LogP contribution in [0.15, 0.2) is 29.2 Å². The van der Waals surface area contributed by atoms with Crippen LogP contribution in [-0.2, 0) is 0 Å². The fraction of sp³-hybridized carbons (Fsp3) is 0.400. The number of hydrogen-bond donors (Lipinski definition) is 2. The molecule has 0 aliphatic carbocycles. The number of aromatic amines is 1. The van der Waals surface area contributed by atoms with Crippen LogP contribution in [0.3, 0.4) is 0 Å². The molecular formula is C20H22Cl2FN3O3. The van der Waals surface area contributed by atoms with Crippen molar-refractivity contribution >= 4 is 29.1 Å². The van der Waals surface area contributed by atoms with Gasteiger partial charge >= 0.3 is 0 Å². The number of H-pyrrole nitrogens is 1. The van der Waals surface area contributed by atoms with Crippen molar-refractivity contribution in [2.24, 2.45) is 0 Å². The summed E-state index contributed by atoms with van der Waals surface area (Å²) in [5.41, 5.74) is -0.279. The number of nitrogens with zero attached hydrogens (tertiary/aromatic N) is 1. The number of carbonyl (C=O) groups excluding carboxylic acids is 1. The minimum absolute atomic E-state index is 0.0199. The quantitative estimate of drug-likeness (QED) is 0.692. The first-order valence-corrected chi connectivity index (χ1v) is 10.0. The minimum Gasteiger partial charge on any atom is -0.484 e. The third-order valence-corrected chi connectivity index (χ3v) is 5.69. The first-order valence-electron chi connectivity index (χ1n) is 9.28. The summed E-state index contributed by atoms with van der Waals surface area (Å²) in [6.07, 6.45) is 2.28. The van der Waals surface area contributed by atoms with E-state index in [2.05, 4.69) is 15.2 Å². The van der Waals surface area contributed by atoms with E-state index in [-0.39, 0.29) is 33.0 Å². The molecule has 1 amide bonds. The average Bonchev–Trinajstić information content (AvgIpc) is 2.68. The molecule has 2 N–H and O–H groups in total. The number of benzene rings is 1. The number of carbonyl (C=O) groups is 1. The molecule has 0 radical (unpaired) electrons. The number of ether oxygens (including phenoxy) is 1. The standard InChI is InChI=1S/C20H22Cl2FN3O3/c1-11(17-15(21)3-4-16(23)18(17)22)29-13-9-14(19(27)24-10-13)20(28)25-12-5-7-26(2)8-6-12/h3-4,9-12H,5-8H2,1-2H3,(H,24,27)(H,25,28)/t11-/m1/s1. The molecule has 1 aliphatic rings. The SMILES string of the molecule is C[C@@H](Oc1c[nH]c(=O)c(C(=O)NC2CCN(C)CC2)c1)c1c(Cl)ccc(F)c1Cl. The van der Waals surface area contributed by atoms with Crippen LogP contribution in [0.25, 0.3) is 0 Å². The van der Waals surface area contributed by atoms with Gasteiger partial charge in [-0.1, -0.05) is 23.2 Å². The van der Waals surface area contributed by atoms with Crippen LogP contribution < -0.4 is 15.6 Å². The molecule has 1 fully saturated rings. The number of pyridine rings is 1. The van der Waals surface area contributed by atoms with Crippen LogP contribution in [0.2, 0.25) is 10.0 Å². The van der Waals surface area contributed by atoms with E-state index in [4.69, 9.17) is 27.9 Å². The molecule has 156 valence electrons. The molecular weight excluding hydrogens is 420 g/mol. The van der Waals surface area contributed by atoms with E-state index in [1.807, 2.05) is 7.05 Å². The molecule has 0 spiro atoms. The summed E-state index contributed by atoms with van der Waals surface area (Å²) in [6.45, 7) is 3.42. The third kappa shape index (κ3) is 5.10. The fourth-order valence-electron chi connectivity index (χ4n) is 3.30. The monoisotopic (exact) mass is 441 g/mol. The Morgan fingerprint density at radius 3 is 2.72 bits per heavy atom. The number of likely N-dealkylation sites (tertiary alicyclic amines) is 1. The summed E-state index contributed by atoms with van der Waals surface area (Å²) >= 11 is 12.2. The number of rotatable bonds is 5. The molecule has 1 atom stereocenters. The summed E-state index contributed by atoms with van der Waals surface area (Å²) in [5.74, 6) is -0.830.